The van der Waals surface area contributed by atoms with Gasteiger partial charge in [0.2, 0.25) is 10.0 Å². The monoisotopic (exact) mass is 485 g/mol. The minimum Gasteiger partial charge on any atom is -0.496 e. The Hall–Kier alpha value is -2.58. The van der Waals surface area contributed by atoms with Gasteiger partial charge in [-0.2, -0.15) is 4.31 Å². The molecule has 0 bridgehead atoms. The summed E-state index contributed by atoms with van der Waals surface area (Å²) in [6.07, 6.45) is 1.91. The highest BCUT2D eigenvalue weighted by molar-refractivity contribution is 7.89. The molecular weight excluding hydrogens is 450 g/mol. The molecule has 8 heteroatoms. The van der Waals surface area contributed by atoms with Gasteiger partial charge in [0.15, 0.2) is 0 Å². The van der Waals surface area contributed by atoms with Gasteiger partial charge < -0.3 is 14.5 Å². The van der Waals surface area contributed by atoms with Gasteiger partial charge in [0.05, 0.1) is 17.6 Å². The summed E-state index contributed by atoms with van der Waals surface area (Å²) >= 11 is 0. The maximum absolute atomic E-state index is 13.5. The average Bonchev–Trinajstić information content (AvgIpc) is 2.85. The van der Waals surface area contributed by atoms with E-state index in [0.29, 0.717) is 56.5 Å². The lowest BCUT2D eigenvalue weighted by Gasteiger charge is -2.36. The Labute approximate surface area is 203 Å². The summed E-state index contributed by atoms with van der Waals surface area (Å²) in [5.74, 6) is 0.836. The number of nitrogens with zero attached hydrogens (tertiary/aromatic N) is 3. The first-order valence-electron chi connectivity index (χ1n) is 12.0. The normalized spacial score (nSPS) is 18.2. The van der Waals surface area contributed by atoms with E-state index < -0.39 is 10.0 Å². The van der Waals surface area contributed by atoms with E-state index in [1.54, 1.807) is 17.0 Å². The quantitative estimate of drug-likeness (QED) is 0.646. The summed E-state index contributed by atoms with van der Waals surface area (Å²) in [7, 11) is -2.22. The SMILES string of the molecule is COc1ccc(S(=O)(=O)N2CCN(c3cccc(C)c3C)CC2)cc1C(=O)N1CCC(C)CC1. The van der Waals surface area contributed by atoms with Crippen LogP contribution in [0.5, 0.6) is 5.75 Å². The van der Waals surface area contributed by atoms with Gasteiger partial charge in [-0.25, -0.2) is 8.42 Å². The predicted octanol–water partition coefficient (Wildman–Crippen LogP) is 3.70. The summed E-state index contributed by atoms with van der Waals surface area (Å²) in [5.41, 5.74) is 3.92. The van der Waals surface area contributed by atoms with Crippen LogP contribution in [0.2, 0.25) is 0 Å². The van der Waals surface area contributed by atoms with Crippen LogP contribution in [-0.4, -0.2) is 69.9 Å². The van der Waals surface area contributed by atoms with E-state index in [2.05, 4.69) is 37.8 Å². The number of benzene rings is 2. The van der Waals surface area contributed by atoms with Crippen LogP contribution < -0.4 is 9.64 Å². The van der Waals surface area contributed by atoms with Crippen LogP contribution >= 0.6 is 0 Å². The van der Waals surface area contributed by atoms with Gasteiger partial charge >= 0.3 is 0 Å². The molecule has 2 saturated heterocycles. The average molecular weight is 486 g/mol. The highest BCUT2D eigenvalue weighted by Gasteiger charge is 2.31. The molecule has 2 aromatic carbocycles. The second-order valence-corrected chi connectivity index (χ2v) is 11.4. The number of carbonyl (C=O) groups excluding carboxylic acids is 1. The fourth-order valence-electron chi connectivity index (χ4n) is 4.79. The molecule has 0 spiro atoms. The lowest BCUT2D eigenvalue weighted by atomic mass is 9.98. The number of anilines is 1. The van der Waals surface area contributed by atoms with Crippen molar-refractivity contribution in [3.63, 3.8) is 0 Å². The van der Waals surface area contributed by atoms with Gasteiger partial charge in [-0.15, -0.1) is 0 Å². The number of aryl methyl sites for hydroxylation is 1. The van der Waals surface area contributed by atoms with Crippen LogP contribution in [-0.2, 0) is 10.0 Å². The molecule has 2 aliphatic heterocycles. The van der Waals surface area contributed by atoms with Crippen molar-refractivity contribution in [3.05, 3.63) is 53.1 Å². The molecule has 0 unspecified atom stereocenters. The summed E-state index contributed by atoms with van der Waals surface area (Å²) in [5, 5.41) is 0. The highest BCUT2D eigenvalue weighted by Crippen LogP contribution is 2.29. The standard InChI is InChI=1S/C26H35N3O4S/c1-19-10-12-28(13-11-19)26(30)23-18-22(8-9-25(23)33-4)34(31,32)29-16-14-27(15-17-29)24-7-5-6-20(2)21(24)3/h5-9,18-19H,10-17H2,1-4H3. The lowest BCUT2D eigenvalue weighted by Crippen LogP contribution is -2.48. The van der Waals surface area contributed by atoms with E-state index in [1.165, 1.54) is 28.6 Å². The molecule has 2 heterocycles. The minimum absolute atomic E-state index is 0.141. The molecule has 0 aromatic heterocycles. The summed E-state index contributed by atoms with van der Waals surface area (Å²) in [6.45, 7) is 9.79. The van der Waals surface area contributed by atoms with Gasteiger partial charge in [-0.3, -0.25) is 4.79 Å². The van der Waals surface area contributed by atoms with Crippen LogP contribution in [0.4, 0.5) is 5.69 Å². The number of ether oxygens (including phenoxy) is 1. The van der Waals surface area contributed by atoms with E-state index in [1.807, 2.05) is 6.07 Å². The van der Waals surface area contributed by atoms with Crippen LogP contribution in [0.1, 0.15) is 41.3 Å². The molecule has 0 aliphatic carbocycles. The molecule has 0 N–H and O–H groups in total. The number of piperazine rings is 1. The lowest BCUT2D eigenvalue weighted by molar-refractivity contribution is 0.0693. The largest absolute Gasteiger partial charge is 0.496 e. The number of likely N-dealkylation sites (tertiary alicyclic amines) is 1. The third-order valence-corrected chi connectivity index (χ3v) is 9.16. The second kappa shape index (κ2) is 9.96. The Morgan fingerprint density at radius 3 is 2.29 bits per heavy atom. The minimum atomic E-state index is -3.73. The molecule has 184 valence electrons. The van der Waals surface area contributed by atoms with Crippen molar-refractivity contribution in [2.24, 2.45) is 5.92 Å². The maximum atomic E-state index is 13.5. The maximum Gasteiger partial charge on any atom is 0.257 e. The highest BCUT2D eigenvalue weighted by atomic mass is 32.2. The predicted molar refractivity (Wildman–Crippen MR) is 134 cm³/mol. The van der Waals surface area contributed by atoms with Gasteiger partial charge in [0.1, 0.15) is 5.75 Å². The zero-order valence-electron chi connectivity index (χ0n) is 20.6. The molecule has 1 amide bonds. The molecular formula is C26H35N3O4S. The molecule has 2 fully saturated rings. The van der Waals surface area contributed by atoms with Gasteiger partial charge in [0.25, 0.3) is 5.91 Å². The van der Waals surface area contributed by atoms with Crippen molar-refractivity contribution in [1.29, 1.82) is 0 Å². The van der Waals surface area contributed by atoms with Crippen LogP contribution in [0.25, 0.3) is 0 Å². The van der Waals surface area contributed by atoms with Crippen molar-refractivity contribution >= 4 is 21.6 Å². The Bertz CT molecular complexity index is 1150. The van der Waals surface area contributed by atoms with Crippen LogP contribution in [0.3, 0.4) is 0 Å². The van der Waals surface area contributed by atoms with Gasteiger partial charge in [0, 0.05) is 45.0 Å². The first-order chi connectivity index (χ1) is 16.2. The van der Waals surface area contributed by atoms with Crippen molar-refractivity contribution < 1.29 is 17.9 Å². The zero-order valence-corrected chi connectivity index (χ0v) is 21.4. The summed E-state index contributed by atoms with van der Waals surface area (Å²) in [4.78, 5) is 17.4. The zero-order chi connectivity index (χ0) is 24.5. The second-order valence-electron chi connectivity index (χ2n) is 9.45. The smallest absolute Gasteiger partial charge is 0.257 e. The van der Waals surface area contributed by atoms with E-state index in [0.717, 1.165) is 18.5 Å². The van der Waals surface area contributed by atoms with E-state index in [4.69, 9.17) is 4.74 Å². The number of amides is 1. The molecule has 4 rings (SSSR count). The number of rotatable bonds is 5. The third-order valence-electron chi connectivity index (χ3n) is 7.27. The van der Waals surface area contributed by atoms with Crippen molar-refractivity contribution in [1.82, 2.24) is 9.21 Å². The number of piperidine rings is 1. The first-order valence-corrected chi connectivity index (χ1v) is 13.4. The summed E-state index contributed by atoms with van der Waals surface area (Å²) < 4.78 is 33.9. The van der Waals surface area contributed by atoms with E-state index in [-0.39, 0.29) is 10.8 Å². The molecule has 0 saturated carbocycles. The van der Waals surface area contributed by atoms with Crippen molar-refractivity contribution in [3.8, 4) is 5.75 Å². The molecule has 0 atom stereocenters. The van der Waals surface area contributed by atoms with Crippen molar-refractivity contribution in [2.75, 3.05) is 51.3 Å². The fraction of sp³-hybridized carbons (Fsp3) is 0.500. The number of hydrogen-bond acceptors (Lipinski definition) is 5. The number of hydrogen-bond donors (Lipinski definition) is 0. The Kier molecular flexibility index (Phi) is 7.19. The van der Waals surface area contributed by atoms with E-state index >= 15 is 0 Å². The Balaban J connectivity index is 1.53. The Morgan fingerprint density at radius 1 is 0.971 bits per heavy atom. The number of methoxy groups -OCH3 is 1. The van der Waals surface area contributed by atoms with Gasteiger partial charge in [-0.1, -0.05) is 19.1 Å². The fourth-order valence-corrected chi connectivity index (χ4v) is 6.24. The molecule has 34 heavy (non-hydrogen) atoms. The molecule has 0 radical (unpaired) electrons. The molecule has 2 aliphatic rings. The summed E-state index contributed by atoms with van der Waals surface area (Å²) in [6, 6.07) is 10.9. The van der Waals surface area contributed by atoms with Gasteiger partial charge in [-0.05, 0) is 68.0 Å². The molecule has 2 aromatic rings. The molecule has 7 nitrogen and oxygen atoms in total. The van der Waals surface area contributed by atoms with Crippen LogP contribution in [0.15, 0.2) is 41.3 Å². The van der Waals surface area contributed by atoms with Crippen LogP contribution in [0, 0.1) is 19.8 Å². The number of carbonyl (C=O) groups is 1. The first kappa shape index (κ1) is 24.5. The number of sulfonamides is 1. The van der Waals surface area contributed by atoms with E-state index in [9.17, 15) is 13.2 Å². The Morgan fingerprint density at radius 2 is 1.65 bits per heavy atom. The van der Waals surface area contributed by atoms with Crippen molar-refractivity contribution in [2.45, 2.75) is 38.5 Å². The third kappa shape index (κ3) is 4.79. The topological polar surface area (TPSA) is 70.2 Å².